The summed E-state index contributed by atoms with van der Waals surface area (Å²) in [4.78, 5) is 15.2. The molecule has 0 aliphatic heterocycles. The summed E-state index contributed by atoms with van der Waals surface area (Å²) in [6, 6.07) is 5.54. The molecule has 3 aromatic heterocycles. The maximum atomic E-state index is 11.1. The Morgan fingerprint density at radius 3 is 3.11 bits per heavy atom. The fraction of sp³-hybridized carbons (Fsp3) is 0.0833. The van der Waals surface area contributed by atoms with Gasteiger partial charge in [0, 0.05) is 18.2 Å². The third-order valence-electron chi connectivity index (χ3n) is 2.70. The number of hydrogen-bond acceptors (Lipinski definition) is 4. The first-order valence-corrected chi connectivity index (χ1v) is 5.38. The first kappa shape index (κ1) is 10.5. The predicted octanol–water partition coefficient (Wildman–Crippen LogP) is 1.01. The number of amides is 1. The highest BCUT2D eigenvalue weighted by Crippen LogP contribution is 2.15. The van der Waals surface area contributed by atoms with E-state index in [0.717, 1.165) is 16.8 Å². The molecule has 0 aromatic carbocycles. The largest absolute Gasteiger partial charge is 0.459 e. The topological polar surface area (TPSA) is 86.4 Å². The van der Waals surface area contributed by atoms with E-state index in [4.69, 9.17) is 10.2 Å². The smallest absolute Gasteiger partial charge is 0.284 e. The van der Waals surface area contributed by atoms with Crippen LogP contribution in [0.3, 0.4) is 0 Å². The maximum Gasteiger partial charge on any atom is 0.284 e. The lowest BCUT2D eigenvalue weighted by Gasteiger charge is -2.01. The van der Waals surface area contributed by atoms with Crippen molar-refractivity contribution >= 4 is 11.6 Å². The van der Waals surface area contributed by atoms with Crippen LogP contribution in [0.2, 0.25) is 0 Å². The molecule has 0 saturated heterocycles. The number of aromatic nitrogens is 3. The van der Waals surface area contributed by atoms with E-state index in [-0.39, 0.29) is 5.76 Å². The molecule has 6 nitrogen and oxygen atoms in total. The third kappa shape index (κ3) is 1.73. The summed E-state index contributed by atoms with van der Waals surface area (Å²) in [7, 11) is 0. The molecule has 0 fully saturated rings. The van der Waals surface area contributed by atoms with E-state index < -0.39 is 5.91 Å². The highest BCUT2D eigenvalue weighted by atomic mass is 16.3. The second kappa shape index (κ2) is 3.99. The van der Waals surface area contributed by atoms with Gasteiger partial charge < -0.3 is 10.2 Å². The van der Waals surface area contributed by atoms with E-state index in [9.17, 15) is 4.79 Å². The van der Waals surface area contributed by atoms with Gasteiger partial charge in [0.15, 0.2) is 11.4 Å². The Labute approximate surface area is 102 Å². The Balaban J connectivity index is 1.95. The van der Waals surface area contributed by atoms with E-state index in [1.165, 1.54) is 12.6 Å². The lowest BCUT2D eigenvalue weighted by Crippen LogP contribution is -2.12. The summed E-state index contributed by atoms with van der Waals surface area (Å²) in [5, 5.41) is 4.06. The van der Waals surface area contributed by atoms with Gasteiger partial charge in [-0.05, 0) is 17.7 Å². The average molecular weight is 242 g/mol. The summed E-state index contributed by atoms with van der Waals surface area (Å²) in [5.74, 6) is -0.356. The van der Waals surface area contributed by atoms with Crippen molar-refractivity contribution in [3.05, 3.63) is 53.9 Å². The predicted molar refractivity (Wildman–Crippen MR) is 63.0 cm³/mol. The van der Waals surface area contributed by atoms with Crippen molar-refractivity contribution in [2.45, 2.75) is 6.42 Å². The number of rotatable bonds is 3. The Bertz CT molecular complexity index is 714. The minimum absolute atomic E-state index is 0.202. The number of nitrogens with zero attached hydrogens (tertiary/aromatic N) is 3. The molecule has 0 radical (unpaired) electrons. The van der Waals surface area contributed by atoms with Crippen LogP contribution in [0.15, 0.2) is 41.4 Å². The van der Waals surface area contributed by atoms with Crippen molar-refractivity contribution in [2.75, 3.05) is 0 Å². The zero-order chi connectivity index (χ0) is 12.5. The van der Waals surface area contributed by atoms with Crippen molar-refractivity contribution in [1.29, 1.82) is 0 Å². The Morgan fingerprint density at radius 2 is 2.28 bits per heavy atom. The molecule has 0 aliphatic carbocycles. The Kier molecular flexibility index (Phi) is 2.33. The van der Waals surface area contributed by atoms with Crippen LogP contribution in [0.25, 0.3) is 5.65 Å². The zero-order valence-electron chi connectivity index (χ0n) is 9.41. The normalized spacial score (nSPS) is 10.9. The zero-order valence-corrected chi connectivity index (χ0v) is 9.41. The summed E-state index contributed by atoms with van der Waals surface area (Å²) in [5.41, 5.74) is 7.77. The fourth-order valence-corrected chi connectivity index (χ4v) is 1.88. The molecule has 0 saturated carbocycles. The minimum atomic E-state index is -0.558. The van der Waals surface area contributed by atoms with Crippen molar-refractivity contribution in [3.8, 4) is 0 Å². The number of pyridine rings is 1. The standard InChI is InChI=1S/C12H10N4O2/c13-12(17)11-9(3-4-18-11)5-8-1-2-10-14-7-15-16(10)6-8/h1-4,6-7H,5H2,(H2,13,17). The highest BCUT2D eigenvalue weighted by molar-refractivity contribution is 5.91. The van der Waals surface area contributed by atoms with E-state index >= 15 is 0 Å². The van der Waals surface area contributed by atoms with Crippen LogP contribution in [0.1, 0.15) is 21.7 Å². The molecule has 0 aliphatic rings. The number of carbonyl (C=O) groups excluding carboxylic acids is 1. The van der Waals surface area contributed by atoms with Crippen LogP contribution in [0.5, 0.6) is 0 Å². The van der Waals surface area contributed by atoms with E-state index in [1.54, 1.807) is 10.6 Å². The summed E-state index contributed by atoms with van der Waals surface area (Å²) >= 11 is 0. The van der Waals surface area contributed by atoms with Crippen molar-refractivity contribution in [2.24, 2.45) is 5.73 Å². The Morgan fingerprint density at radius 1 is 1.39 bits per heavy atom. The number of fused-ring (bicyclic) bond motifs is 1. The quantitative estimate of drug-likeness (QED) is 0.742. The summed E-state index contributed by atoms with van der Waals surface area (Å²) in [6.45, 7) is 0. The van der Waals surface area contributed by atoms with Gasteiger partial charge in [0.05, 0.1) is 6.26 Å². The van der Waals surface area contributed by atoms with Crippen LogP contribution in [-0.2, 0) is 6.42 Å². The van der Waals surface area contributed by atoms with Gasteiger partial charge in [0.1, 0.15) is 6.33 Å². The van der Waals surface area contributed by atoms with Crippen LogP contribution in [0.4, 0.5) is 0 Å². The molecule has 90 valence electrons. The molecule has 1 amide bonds. The van der Waals surface area contributed by atoms with Crippen molar-refractivity contribution in [1.82, 2.24) is 14.6 Å². The van der Waals surface area contributed by atoms with Gasteiger partial charge in [-0.2, -0.15) is 5.10 Å². The SMILES string of the molecule is NC(=O)c1occc1Cc1ccc2ncnn2c1. The summed E-state index contributed by atoms with van der Waals surface area (Å²) < 4.78 is 6.74. The fourth-order valence-electron chi connectivity index (χ4n) is 1.88. The summed E-state index contributed by atoms with van der Waals surface area (Å²) in [6.07, 6.45) is 5.37. The molecular weight excluding hydrogens is 232 g/mol. The van der Waals surface area contributed by atoms with E-state index in [2.05, 4.69) is 10.1 Å². The lowest BCUT2D eigenvalue weighted by atomic mass is 10.1. The number of primary amides is 1. The van der Waals surface area contributed by atoms with E-state index in [0.29, 0.717) is 6.42 Å². The van der Waals surface area contributed by atoms with Gasteiger partial charge in [-0.25, -0.2) is 9.50 Å². The van der Waals surface area contributed by atoms with Crippen molar-refractivity contribution in [3.63, 3.8) is 0 Å². The molecular formula is C12H10N4O2. The van der Waals surface area contributed by atoms with Gasteiger partial charge in [0.2, 0.25) is 0 Å². The molecule has 18 heavy (non-hydrogen) atoms. The van der Waals surface area contributed by atoms with Gasteiger partial charge in [-0.3, -0.25) is 4.79 Å². The van der Waals surface area contributed by atoms with Gasteiger partial charge >= 0.3 is 0 Å². The van der Waals surface area contributed by atoms with Gasteiger partial charge in [0.25, 0.3) is 5.91 Å². The first-order valence-electron chi connectivity index (χ1n) is 5.38. The highest BCUT2D eigenvalue weighted by Gasteiger charge is 2.12. The minimum Gasteiger partial charge on any atom is -0.459 e. The number of hydrogen-bond donors (Lipinski definition) is 1. The van der Waals surface area contributed by atoms with Crippen LogP contribution in [0, 0.1) is 0 Å². The lowest BCUT2D eigenvalue weighted by molar-refractivity contribution is 0.0973. The molecule has 3 aromatic rings. The van der Waals surface area contributed by atoms with Gasteiger partial charge in [-0.15, -0.1) is 0 Å². The van der Waals surface area contributed by atoms with Crippen LogP contribution >= 0.6 is 0 Å². The average Bonchev–Trinajstić information content (AvgIpc) is 2.96. The number of furan rings is 1. The first-order chi connectivity index (χ1) is 8.74. The molecule has 0 atom stereocenters. The monoisotopic (exact) mass is 242 g/mol. The second-order valence-electron chi connectivity index (χ2n) is 3.92. The molecule has 0 unspecified atom stereocenters. The molecule has 2 N–H and O–H groups in total. The molecule has 0 spiro atoms. The van der Waals surface area contributed by atoms with Gasteiger partial charge in [-0.1, -0.05) is 6.07 Å². The van der Waals surface area contributed by atoms with Crippen LogP contribution in [-0.4, -0.2) is 20.5 Å². The Hall–Kier alpha value is -2.63. The molecule has 0 bridgehead atoms. The third-order valence-corrected chi connectivity index (χ3v) is 2.70. The second-order valence-corrected chi connectivity index (χ2v) is 3.92. The molecule has 6 heteroatoms. The number of carbonyl (C=O) groups is 1. The van der Waals surface area contributed by atoms with Crippen LogP contribution < -0.4 is 5.73 Å². The van der Waals surface area contributed by atoms with Crippen molar-refractivity contribution < 1.29 is 9.21 Å². The maximum absolute atomic E-state index is 11.1. The number of nitrogens with two attached hydrogens (primary N) is 1. The molecule has 3 heterocycles. The molecule has 3 rings (SSSR count). The van der Waals surface area contributed by atoms with E-state index in [1.807, 2.05) is 18.3 Å².